The summed E-state index contributed by atoms with van der Waals surface area (Å²) >= 11 is 0. The second kappa shape index (κ2) is 3.72. The SMILES string of the molecule is [2H]c1c([2H])c([2H])c2c(c1[2H])-c1c([2H])c([2H])c([2H])c(C(C)(C)C)c1C2(C)C. The first-order chi connectivity index (χ1) is 11.7. The molecule has 19 heavy (non-hydrogen) atoms. The summed E-state index contributed by atoms with van der Waals surface area (Å²) in [6.45, 7) is 9.57. The van der Waals surface area contributed by atoms with Crippen LogP contribution in [0, 0.1) is 0 Å². The molecule has 3 rings (SSSR count). The van der Waals surface area contributed by atoms with Crippen LogP contribution in [0.1, 0.15) is 60.9 Å². The maximum atomic E-state index is 8.46. The molecular formula is C19H22. The van der Waals surface area contributed by atoms with Crippen molar-refractivity contribution in [3.63, 3.8) is 0 Å². The van der Waals surface area contributed by atoms with Crippen LogP contribution in [0.3, 0.4) is 0 Å². The fourth-order valence-corrected chi connectivity index (χ4v) is 2.88. The molecule has 0 bridgehead atoms. The molecule has 1 aliphatic carbocycles. The van der Waals surface area contributed by atoms with Gasteiger partial charge in [-0.15, -0.1) is 0 Å². The van der Waals surface area contributed by atoms with Crippen LogP contribution in [0.2, 0.25) is 0 Å². The van der Waals surface area contributed by atoms with Gasteiger partial charge in [-0.2, -0.15) is 0 Å². The van der Waals surface area contributed by atoms with E-state index in [1.54, 1.807) is 0 Å². The van der Waals surface area contributed by atoms with E-state index < -0.39 is 10.8 Å². The van der Waals surface area contributed by atoms with Gasteiger partial charge in [-0.3, -0.25) is 0 Å². The lowest BCUT2D eigenvalue weighted by Crippen LogP contribution is -2.22. The zero-order chi connectivity index (χ0) is 19.9. The molecular weight excluding hydrogens is 228 g/mol. The highest BCUT2D eigenvalue weighted by Crippen LogP contribution is 2.51. The predicted molar refractivity (Wildman–Crippen MR) is 82.7 cm³/mol. The lowest BCUT2D eigenvalue weighted by atomic mass is 9.74. The van der Waals surface area contributed by atoms with Crippen molar-refractivity contribution in [2.75, 3.05) is 0 Å². The summed E-state index contributed by atoms with van der Waals surface area (Å²) in [4.78, 5) is 0. The zero-order valence-electron chi connectivity index (χ0n) is 19.0. The monoisotopic (exact) mass is 257 g/mol. The number of hydrogen-bond acceptors (Lipinski definition) is 0. The lowest BCUT2D eigenvalue weighted by molar-refractivity contribution is 0.556. The molecule has 0 heterocycles. The van der Waals surface area contributed by atoms with Gasteiger partial charge in [0.2, 0.25) is 0 Å². The van der Waals surface area contributed by atoms with Crippen LogP contribution in [0.25, 0.3) is 11.1 Å². The Kier molecular flexibility index (Phi) is 1.32. The molecule has 0 aliphatic heterocycles. The van der Waals surface area contributed by atoms with Crippen LogP contribution in [-0.2, 0) is 10.8 Å². The van der Waals surface area contributed by atoms with Gasteiger partial charge in [-0.1, -0.05) is 76.9 Å². The molecule has 0 unspecified atom stereocenters. The normalized spacial score (nSPS) is 21.2. The average Bonchev–Trinajstić information content (AvgIpc) is 2.76. The molecule has 0 radical (unpaired) electrons. The fraction of sp³-hybridized carbons (Fsp3) is 0.368. The number of hydrogen-bond donors (Lipinski definition) is 0. The maximum Gasteiger partial charge on any atom is 0.0629 e. The van der Waals surface area contributed by atoms with Crippen molar-refractivity contribution >= 4 is 0 Å². The summed E-state index contributed by atoms with van der Waals surface area (Å²) in [6, 6.07) is -1.28. The van der Waals surface area contributed by atoms with Gasteiger partial charge >= 0.3 is 0 Å². The van der Waals surface area contributed by atoms with Crippen molar-refractivity contribution in [1.82, 2.24) is 0 Å². The van der Waals surface area contributed by atoms with Gasteiger partial charge in [0, 0.05) is 5.41 Å². The zero-order valence-corrected chi connectivity index (χ0v) is 12.0. The molecule has 0 spiro atoms. The van der Waals surface area contributed by atoms with Gasteiger partial charge in [0.25, 0.3) is 0 Å². The molecule has 0 amide bonds. The smallest absolute Gasteiger partial charge is 0.0619 e. The lowest BCUT2D eigenvalue weighted by Gasteiger charge is -2.30. The summed E-state index contributed by atoms with van der Waals surface area (Å²) in [5, 5.41) is 0. The summed E-state index contributed by atoms with van der Waals surface area (Å²) < 4.78 is 58.0. The quantitative estimate of drug-likeness (QED) is 0.601. The van der Waals surface area contributed by atoms with Crippen molar-refractivity contribution in [3.8, 4) is 11.1 Å². The first-order valence-corrected chi connectivity index (χ1v) is 6.50. The molecule has 0 saturated heterocycles. The molecule has 2 aromatic rings. The van der Waals surface area contributed by atoms with E-state index in [2.05, 4.69) is 0 Å². The van der Waals surface area contributed by atoms with E-state index in [0.29, 0.717) is 27.8 Å². The van der Waals surface area contributed by atoms with Gasteiger partial charge in [-0.05, 0) is 33.2 Å². The molecule has 0 nitrogen and oxygen atoms in total. The first-order valence-electron chi connectivity index (χ1n) is 10.0. The van der Waals surface area contributed by atoms with E-state index in [1.807, 2.05) is 34.6 Å². The van der Waals surface area contributed by atoms with Crippen molar-refractivity contribution in [2.45, 2.75) is 45.4 Å². The summed E-state index contributed by atoms with van der Waals surface area (Å²) in [5.74, 6) is 0. The molecule has 2 aromatic carbocycles. The molecule has 0 heteroatoms. The van der Waals surface area contributed by atoms with Crippen LogP contribution >= 0.6 is 0 Å². The molecule has 98 valence electrons. The Morgan fingerprint density at radius 2 is 1.53 bits per heavy atom. The molecule has 0 atom stereocenters. The Hall–Kier alpha value is -1.56. The van der Waals surface area contributed by atoms with Crippen LogP contribution in [0.5, 0.6) is 0 Å². The average molecular weight is 257 g/mol. The fourth-order valence-electron chi connectivity index (χ4n) is 2.88. The topological polar surface area (TPSA) is 0 Å². The number of rotatable bonds is 0. The standard InChI is InChI=1S/C19H22/c1-18(2,3)16-12-8-10-14-13-9-6-7-11-15(13)19(4,5)17(14)16/h6-12H,1-5H3/i6D,7D,8D,9D,10D,11D,12D. The van der Waals surface area contributed by atoms with Crippen molar-refractivity contribution in [1.29, 1.82) is 0 Å². The first kappa shape index (κ1) is 6.74. The third-order valence-electron chi connectivity index (χ3n) is 3.81. The Morgan fingerprint density at radius 1 is 0.895 bits per heavy atom. The van der Waals surface area contributed by atoms with Crippen LogP contribution in [0.15, 0.2) is 42.3 Å². The van der Waals surface area contributed by atoms with Crippen LogP contribution < -0.4 is 0 Å². The Labute approximate surface area is 126 Å². The molecule has 1 aliphatic rings. The van der Waals surface area contributed by atoms with Crippen molar-refractivity contribution < 1.29 is 9.60 Å². The molecule has 0 fully saturated rings. The minimum Gasteiger partial charge on any atom is -0.0619 e. The van der Waals surface area contributed by atoms with Gasteiger partial charge < -0.3 is 0 Å². The summed E-state index contributed by atoms with van der Waals surface area (Å²) in [7, 11) is 0. The minimum atomic E-state index is -0.789. The second-order valence-corrected chi connectivity index (χ2v) is 6.62. The maximum absolute atomic E-state index is 8.46. The summed E-state index contributed by atoms with van der Waals surface area (Å²) in [5.41, 5.74) is 1.18. The van der Waals surface area contributed by atoms with Crippen LogP contribution in [-0.4, -0.2) is 0 Å². The third-order valence-corrected chi connectivity index (χ3v) is 3.81. The van der Waals surface area contributed by atoms with Crippen molar-refractivity contribution in [2.24, 2.45) is 0 Å². The van der Waals surface area contributed by atoms with E-state index in [-0.39, 0.29) is 42.3 Å². The van der Waals surface area contributed by atoms with Gasteiger partial charge in [-0.25, -0.2) is 0 Å². The minimum absolute atomic E-state index is 0.00242. The largest absolute Gasteiger partial charge is 0.0629 e. The predicted octanol–water partition coefficient (Wildman–Crippen LogP) is 5.29. The van der Waals surface area contributed by atoms with Crippen LogP contribution in [0.4, 0.5) is 0 Å². The van der Waals surface area contributed by atoms with E-state index in [0.717, 1.165) is 0 Å². The van der Waals surface area contributed by atoms with Crippen molar-refractivity contribution in [3.05, 3.63) is 59.0 Å². The van der Waals surface area contributed by atoms with E-state index in [1.165, 1.54) is 0 Å². The Balaban J connectivity index is 2.66. The molecule has 0 aromatic heterocycles. The Morgan fingerprint density at radius 3 is 2.21 bits per heavy atom. The van der Waals surface area contributed by atoms with E-state index in [9.17, 15) is 0 Å². The highest BCUT2D eigenvalue weighted by molar-refractivity contribution is 5.82. The van der Waals surface area contributed by atoms with E-state index in [4.69, 9.17) is 9.60 Å². The number of benzene rings is 2. The van der Waals surface area contributed by atoms with Gasteiger partial charge in [0.15, 0.2) is 0 Å². The second-order valence-electron chi connectivity index (χ2n) is 6.62. The summed E-state index contributed by atoms with van der Waals surface area (Å²) in [6.07, 6.45) is 0. The molecule has 0 saturated carbocycles. The van der Waals surface area contributed by atoms with Gasteiger partial charge in [0.1, 0.15) is 0 Å². The Bertz CT molecular complexity index is 966. The van der Waals surface area contributed by atoms with E-state index >= 15 is 0 Å². The molecule has 0 N–H and O–H groups in total. The highest BCUT2D eigenvalue weighted by Gasteiger charge is 2.38. The number of fused-ring (bicyclic) bond motifs is 3. The van der Waals surface area contributed by atoms with Gasteiger partial charge in [0.05, 0.1) is 9.60 Å². The highest BCUT2D eigenvalue weighted by atomic mass is 14.4. The third kappa shape index (κ3) is 1.66.